The highest BCUT2D eigenvalue weighted by atomic mass is 35.5. The van der Waals surface area contributed by atoms with Crippen molar-refractivity contribution in [2.24, 2.45) is 0 Å². The predicted octanol–water partition coefficient (Wildman–Crippen LogP) is 6.79. The summed E-state index contributed by atoms with van der Waals surface area (Å²) in [6.45, 7) is 0.890. The number of rotatable bonds is 5. The van der Waals surface area contributed by atoms with E-state index in [0.717, 1.165) is 51.2 Å². The highest BCUT2D eigenvalue weighted by molar-refractivity contribution is 6.42. The number of aromatic amines is 1. The van der Waals surface area contributed by atoms with E-state index in [-0.39, 0.29) is 0 Å². The molecule has 3 aromatic carbocycles. The molecule has 0 amide bonds. The quantitative estimate of drug-likeness (QED) is 0.334. The summed E-state index contributed by atoms with van der Waals surface area (Å²) in [4.78, 5) is 3.54. The van der Waals surface area contributed by atoms with Gasteiger partial charge in [0.05, 0.1) is 10.0 Å². The van der Waals surface area contributed by atoms with Crippen LogP contribution >= 0.6 is 34.8 Å². The normalized spacial score (nSPS) is 11.4. The molecule has 3 nitrogen and oxygen atoms in total. The van der Waals surface area contributed by atoms with Gasteiger partial charge in [-0.1, -0.05) is 34.8 Å². The molecule has 0 unspecified atom stereocenters. The minimum Gasteiger partial charge on any atom is -0.355 e. The zero-order valence-corrected chi connectivity index (χ0v) is 16.9. The van der Waals surface area contributed by atoms with E-state index in [1.54, 1.807) is 6.07 Å². The van der Waals surface area contributed by atoms with E-state index in [2.05, 4.69) is 27.8 Å². The number of fused-ring (bicyclic) bond motifs is 3. The molecule has 4 aromatic rings. The lowest BCUT2D eigenvalue weighted by molar-refractivity contribution is 0.794. The van der Waals surface area contributed by atoms with Crippen LogP contribution in [0.4, 0.5) is 11.4 Å². The van der Waals surface area contributed by atoms with Gasteiger partial charge in [-0.2, -0.15) is 0 Å². The Morgan fingerprint density at radius 1 is 0.852 bits per heavy atom. The Labute approximate surface area is 172 Å². The molecule has 1 heterocycles. The van der Waals surface area contributed by atoms with Crippen molar-refractivity contribution in [1.82, 2.24) is 10.3 Å². The van der Waals surface area contributed by atoms with Crippen molar-refractivity contribution < 1.29 is 0 Å². The number of hydrogen-bond acceptors (Lipinski definition) is 2. The Morgan fingerprint density at radius 2 is 1.70 bits per heavy atom. The zero-order valence-electron chi connectivity index (χ0n) is 14.7. The molecule has 0 atom stereocenters. The van der Waals surface area contributed by atoms with Crippen molar-refractivity contribution in [3.8, 4) is 0 Å². The standard InChI is InChI=1S/C21H18Cl3N3/c1-25-7-6-12-8-15(26-14-3-4-18(23)19(24)11-14)10-17-16-9-13(22)2-5-20(16)27-21(12)17/h2-5,8-11,25-27H,6-7H2,1H3. The predicted molar refractivity (Wildman–Crippen MR) is 118 cm³/mol. The summed E-state index contributed by atoms with van der Waals surface area (Å²) >= 11 is 18.4. The van der Waals surface area contributed by atoms with E-state index < -0.39 is 0 Å². The van der Waals surface area contributed by atoms with Gasteiger partial charge < -0.3 is 15.6 Å². The molecular weight excluding hydrogens is 401 g/mol. The van der Waals surface area contributed by atoms with Crippen LogP contribution in [0, 0.1) is 0 Å². The highest BCUT2D eigenvalue weighted by Crippen LogP contribution is 2.34. The zero-order chi connectivity index (χ0) is 19.0. The van der Waals surface area contributed by atoms with E-state index >= 15 is 0 Å². The first-order valence-corrected chi connectivity index (χ1v) is 9.79. The van der Waals surface area contributed by atoms with Crippen LogP contribution in [-0.2, 0) is 6.42 Å². The Hall–Kier alpha value is -1.91. The van der Waals surface area contributed by atoms with Crippen molar-refractivity contribution in [1.29, 1.82) is 0 Å². The summed E-state index contributed by atoms with van der Waals surface area (Å²) in [6.07, 6.45) is 0.907. The molecule has 6 heteroatoms. The van der Waals surface area contributed by atoms with Gasteiger partial charge in [0, 0.05) is 38.2 Å². The average Bonchev–Trinajstić information content (AvgIpc) is 3.01. The Morgan fingerprint density at radius 3 is 2.48 bits per heavy atom. The van der Waals surface area contributed by atoms with Gasteiger partial charge in [-0.15, -0.1) is 0 Å². The monoisotopic (exact) mass is 417 g/mol. The van der Waals surface area contributed by atoms with Crippen LogP contribution in [0.1, 0.15) is 5.56 Å². The van der Waals surface area contributed by atoms with Crippen LogP contribution in [0.2, 0.25) is 15.1 Å². The fourth-order valence-electron chi connectivity index (χ4n) is 3.31. The van der Waals surface area contributed by atoms with E-state index in [4.69, 9.17) is 34.8 Å². The molecular formula is C21H18Cl3N3. The second kappa shape index (κ2) is 7.61. The number of anilines is 2. The molecule has 0 aliphatic rings. The van der Waals surface area contributed by atoms with E-state index in [1.165, 1.54) is 5.56 Å². The first-order valence-electron chi connectivity index (χ1n) is 8.65. The summed E-state index contributed by atoms with van der Waals surface area (Å²) in [6, 6.07) is 15.8. The third-order valence-electron chi connectivity index (χ3n) is 4.60. The lowest BCUT2D eigenvalue weighted by Crippen LogP contribution is -2.10. The minimum atomic E-state index is 0.525. The van der Waals surface area contributed by atoms with Gasteiger partial charge in [0.25, 0.3) is 0 Å². The number of H-pyrrole nitrogens is 1. The minimum absolute atomic E-state index is 0.525. The van der Waals surface area contributed by atoms with Crippen molar-refractivity contribution in [2.45, 2.75) is 6.42 Å². The van der Waals surface area contributed by atoms with Gasteiger partial charge in [-0.25, -0.2) is 0 Å². The Balaban J connectivity index is 1.85. The van der Waals surface area contributed by atoms with Gasteiger partial charge in [0.1, 0.15) is 0 Å². The second-order valence-corrected chi connectivity index (χ2v) is 7.73. The molecule has 4 rings (SSSR count). The van der Waals surface area contributed by atoms with Gasteiger partial charge >= 0.3 is 0 Å². The van der Waals surface area contributed by atoms with Crippen LogP contribution < -0.4 is 10.6 Å². The topological polar surface area (TPSA) is 39.8 Å². The lowest BCUT2D eigenvalue weighted by atomic mass is 10.0. The largest absolute Gasteiger partial charge is 0.355 e. The van der Waals surface area contributed by atoms with E-state index in [0.29, 0.717) is 10.0 Å². The third-order valence-corrected chi connectivity index (χ3v) is 5.58. The van der Waals surface area contributed by atoms with E-state index in [9.17, 15) is 0 Å². The molecule has 0 saturated carbocycles. The number of nitrogens with one attached hydrogen (secondary N) is 3. The number of benzene rings is 3. The molecule has 0 spiro atoms. The molecule has 3 N–H and O–H groups in total. The average molecular weight is 419 g/mol. The maximum Gasteiger partial charge on any atom is 0.0612 e. The van der Waals surface area contributed by atoms with Gasteiger partial charge in [0.2, 0.25) is 0 Å². The first kappa shape index (κ1) is 18.5. The maximum absolute atomic E-state index is 6.23. The van der Waals surface area contributed by atoms with Gasteiger partial charge in [-0.05, 0) is 74.1 Å². The third kappa shape index (κ3) is 3.74. The number of hydrogen-bond donors (Lipinski definition) is 3. The summed E-state index contributed by atoms with van der Waals surface area (Å²) in [7, 11) is 1.96. The Kier molecular flexibility index (Phi) is 5.20. The van der Waals surface area contributed by atoms with Crippen molar-refractivity contribution in [3.63, 3.8) is 0 Å². The van der Waals surface area contributed by atoms with Crippen molar-refractivity contribution in [2.75, 3.05) is 18.9 Å². The maximum atomic E-state index is 6.23. The van der Waals surface area contributed by atoms with Crippen molar-refractivity contribution >= 4 is 68.0 Å². The highest BCUT2D eigenvalue weighted by Gasteiger charge is 2.11. The SMILES string of the molecule is CNCCc1cc(Nc2ccc(Cl)c(Cl)c2)cc2c1[nH]c1ccc(Cl)cc12. The lowest BCUT2D eigenvalue weighted by Gasteiger charge is -2.11. The Bertz CT molecular complexity index is 1130. The summed E-state index contributed by atoms with van der Waals surface area (Å²) in [5.41, 5.74) is 5.33. The molecule has 0 aliphatic heterocycles. The van der Waals surface area contributed by atoms with Crippen molar-refractivity contribution in [3.05, 3.63) is 69.2 Å². The molecule has 0 saturated heterocycles. The number of likely N-dealkylation sites (N-methyl/N-ethyl adjacent to an activating group) is 1. The molecule has 0 fully saturated rings. The molecule has 138 valence electrons. The van der Waals surface area contributed by atoms with Gasteiger partial charge in [0.15, 0.2) is 0 Å². The molecule has 0 aliphatic carbocycles. The molecule has 0 radical (unpaired) electrons. The fraction of sp³-hybridized carbons (Fsp3) is 0.143. The second-order valence-electron chi connectivity index (χ2n) is 6.48. The van der Waals surface area contributed by atoms with Gasteiger partial charge in [-0.3, -0.25) is 0 Å². The molecule has 1 aromatic heterocycles. The van der Waals surface area contributed by atoms with Crippen LogP contribution in [0.3, 0.4) is 0 Å². The summed E-state index contributed by atoms with van der Waals surface area (Å²) in [5.74, 6) is 0. The first-order chi connectivity index (χ1) is 13.0. The summed E-state index contributed by atoms with van der Waals surface area (Å²) < 4.78 is 0. The number of halogens is 3. The smallest absolute Gasteiger partial charge is 0.0612 e. The van der Waals surface area contributed by atoms with Crippen LogP contribution in [0.25, 0.3) is 21.8 Å². The van der Waals surface area contributed by atoms with E-state index in [1.807, 2.05) is 37.4 Å². The molecule has 0 bridgehead atoms. The molecule has 27 heavy (non-hydrogen) atoms. The van der Waals surface area contributed by atoms with Crippen LogP contribution in [0.15, 0.2) is 48.5 Å². The number of aromatic nitrogens is 1. The van der Waals surface area contributed by atoms with Crippen LogP contribution in [-0.4, -0.2) is 18.6 Å². The summed E-state index contributed by atoms with van der Waals surface area (Å²) in [5, 5.41) is 10.7. The van der Waals surface area contributed by atoms with Crippen LogP contribution in [0.5, 0.6) is 0 Å². The fourth-order valence-corrected chi connectivity index (χ4v) is 3.78.